The number of hydrogen-bond donors (Lipinski definition) is 1. The van der Waals surface area contributed by atoms with Gasteiger partial charge in [-0.15, -0.1) is 0 Å². The highest BCUT2D eigenvalue weighted by Gasteiger charge is 2.34. The summed E-state index contributed by atoms with van der Waals surface area (Å²) in [7, 11) is 0. The molecule has 0 unspecified atom stereocenters. The summed E-state index contributed by atoms with van der Waals surface area (Å²) in [4.78, 5) is 15.6. The number of nitrogens with one attached hydrogen (secondary N) is 1. The molecule has 0 radical (unpaired) electrons. The van der Waals surface area contributed by atoms with Gasteiger partial charge in [-0.25, -0.2) is 5.43 Å². The van der Waals surface area contributed by atoms with Gasteiger partial charge in [-0.2, -0.15) is 5.10 Å². The Morgan fingerprint density at radius 1 is 1.44 bits per heavy atom. The maximum atomic E-state index is 11.7. The van der Waals surface area contributed by atoms with Gasteiger partial charge in [-0.1, -0.05) is 12.2 Å². The minimum Gasteiger partial charge on any atom is -0.267 e. The fourth-order valence-corrected chi connectivity index (χ4v) is 2.75. The van der Waals surface area contributed by atoms with Crippen molar-refractivity contribution in [3.05, 3.63) is 42.2 Å². The monoisotopic (exact) mass is 241 g/mol. The summed E-state index contributed by atoms with van der Waals surface area (Å²) < 4.78 is 0. The van der Waals surface area contributed by atoms with E-state index in [0.29, 0.717) is 17.4 Å². The van der Waals surface area contributed by atoms with Crippen molar-refractivity contribution in [3.63, 3.8) is 0 Å². The van der Waals surface area contributed by atoms with Gasteiger partial charge in [0, 0.05) is 24.5 Å². The molecule has 3 atom stereocenters. The van der Waals surface area contributed by atoms with Crippen LogP contribution in [0.2, 0.25) is 0 Å². The molecule has 2 bridgehead atoms. The highest BCUT2D eigenvalue weighted by Crippen LogP contribution is 2.42. The minimum atomic E-state index is -0.210. The van der Waals surface area contributed by atoms with E-state index in [1.54, 1.807) is 18.3 Å². The lowest BCUT2D eigenvalue weighted by molar-refractivity contribution is 0.0954. The van der Waals surface area contributed by atoms with Crippen molar-refractivity contribution >= 4 is 12.1 Å². The molecule has 4 heteroatoms. The molecule has 1 amide bonds. The van der Waals surface area contributed by atoms with E-state index in [2.05, 4.69) is 27.7 Å². The Kier molecular flexibility index (Phi) is 2.92. The molecular formula is C14H15N3O. The van der Waals surface area contributed by atoms with Crippen LogP contribution in [0.1, 0.15) is 23.2 Å². The third-order valence-electron chi connectivity index (χ3n) is 3.69. The predicted molar refractivity (Wildman–Crippen MR) is 69.0 cm³/mol. The highest BCUT2D eigenvalue weighted by atomic mass is 16.2. The quantitative estimate of drug-likeness (QED) is 0.500. The first-order valence-electron chi connectivity index (χ1n) is 6.25. The third kappa shape index (κ3) is 2.18. The second kappa shape index (κ2) is 4.72. The van der Waals surface area contributed by atoms with Gasteiger partial charge >= 0.3 is 0 Å². The van der Waals surface area contributed by atoms with E-state index in [0.717, 1.165) is 12.3 Å². The van der Waals surface area contributed by atoms with Gasteiger partial charge in [-0.05, 0) is 36.8 Å². The lowest BCUT2D eigenvalue weighted by atomic mass is 9.95. The van der Waals surface area contributed by atoms with Crippen LogP contribution in [0, 0.1) is 17.8 Å². The van der Waals surface area contributed by atoms with Crippen molar-refractivity contribution in [2.45, 2.75) is 12.8 Å². The zero-order valence-electron chi connectivity index (χ0n) is 9.99. The molecule has 3 rings (SSSR count). The molecule has 0 aromatic carbocycles. The number of carbonyl (C=O) groups excluding carboxylic acids is 1. The molecule has 1 heterocycles. The molecule has 4 nitrogen and oxygen atoms in total. The normalized spacial score (nSPS) is 29.0. The summed E-state index contributed by atoms with van der Waals surface area (Å²) in [5.74, 6) is 1.61. The number of hydrazone groups is 1. The maximum absolute atomic E-state index is 11.7. The molecule has 0 aliphatic heterocycles. The molecule has 18 heavy (non-hydrogen) atoms. The van der Waals surface area contributed by atoms with Crippen LogP contribution in [0.25, 0.3) is 0 Å². The van der Waals surface area contributed by atoms with E-state index in [-0.39, 0.29) is 5.91 Å². The Labute approximate surface area is 106 Å². The van der Waals surface area contributed by atoms with E-state index in [9.17, 15) is 4.79 Å². The van der Waals surface area contributed by atoms with E-state index in [4.69, 9.17) is 0 Å². The van der Waals surface area contributed by atoms with Crippen molar-refractivity contribution < 1.29 is 4.79 Å². The van der Waals surface area contributed by atoms with Crippen LogP contribution in [0.15, 0.2) is 41.8 Å². The first-order valence-corrected chi connectivity index (χ1v) is 6.25. The lowest BCUT2D eigenvalue weighted by Crippen LogP contribution is -2.19. The van der Waals surface area contributed by atoms with Crippen LogP contribution < -0.4 is 5.43 Å². The van der Waals surface area contributed by atoms with E-state index in [1.807, 2.05) is 6.21 Å². The van der Waals surface area contributed by atoms with E-state index >= 15 is 0 Å². The smallest absolute Gasteiger partial charge is 0.267 e. The molecule has 1 fully saturated rings. The van der Waals surface area contributed by atoms with Crippen molar-refractivity contribution in [2.24, 2.45) is 22.9 Å². The van der Waals surface area contributed by atoms with Crippen LogP contribution in [-0.4, -0.2) is 17.1 Å². The molecule has 0 spiro atoms. The Balaban J connectivity index is 1.55. The fraction of sp³-hybridized carbons (Fsp3) is 0.357. The van der Waals surface area contributed by atoms with E-state index < -0.39 is 0 Å². The van der Waals surface area contributed by atoms with Crippen molar-refractivity contribution in [2.75, 3.05) is 0 Å². The van der Waals surface area contributed by atoms with Gasteiger partial charge in [0.15, 0.2) is 0 Å². The fourth-order valence-electron chi connectivity index (χ4n) is 2.75. The number of rotatable bonds is 3. The first kappa shape index (κ1) is 11.1. The SMILES string of the molecule is O=C(N/N=C\[C@@H]1C[C@@H]2C=C[C@H]1C2)c1cccnc1. The standard InChI is InChI=1S/C14H15N3O/c18-14(12-2-1-5-15-8-12)17-16-9-13-7-10-3-4-11(13)6-10/h1-5,8-11,13H,6-7H2,(H,17,18)/b16-9-/t10-,11+,13+/m1/s1. The largest absolute Gasteiger partial charge is 0.272 e. The molecule has 1 N–H and O–H groups in total. The summed E-state index contributed by atoms with van der Waals surface area (Å²) in [6, 6.07) is 3.46. The third-order valence-corrected chi connectivity index (χ3v) is 3.69. The van der Waals surface area contributed by atoms with Crippen LogP contribution in [0.4, 0.5) is 0 Å². The van der Waals surface area contributed by atoms with Crippen molar-refractivity contribution in [3.8, 4) is 0 Å². The summed E-state index contributed by atoms with van der Waals surface area (Å²) in [5, 5.41) is 4.06. The topological polar surface area (TPSA) is 54.4 Å². The average Bonchev–Trinajstić information content (AvgIpc) is 3.02. The number of amides is 1. The zero-order chi connectivity index (χ0) is 12.4. The molecule has 1 saturated carbocycles. The molecule has 1 aromatic rings. The van der Waals surface area contributed by atoms with Crippen molar-refractivity contribution in [1.29, 1.82) is 0 Å². The Morgan fingerprint density at radius 2 is 2.39 bits per heavy atom. The second-order valence-electron chi connectivity index (χ2n) is 4.90. The number of aromatic nitrogens is 1. The Morgan fingerprint density at radius 3 is 3.06 bits per heavy atom. The Bertz CT molecular complexity index is 495. The van der Waals surface area contributed by atoms with Crippen LogP contribution in [0.3, 0.4) is 0 Å². The lowest BCUT2D eigenvalue weighted by Gasteiger charge is -2.11. The molecule has 0 saturated heterocycles. The van der Waals surface area contributed by atoms with Gasteiger partial charge in [0.05, 0.1) is 5.56 Å². The number of nitrogens with zero attached hydrogens (tertiary/aromatic N) is 2. The maximum Gasteiger partial charge on any atom is 0.272 e. The van der Waals surface area contributed by atoms with Gasteiger partial charge in [0.25, 0.3) is 5.91 Å². The number of carbonyl (C=O) groups is 1. The summed E-state index contributed by atoms with van der Waals surface area (Å²) in [6.07, 6.45) is 12.0. The Hall–Kier alpha value is -1.97. The van der Waals surface area contributed by atoms with Gasteiger partial charge in [-0.3, -0.25) is 9.78 Å². The van der Waals surface area contributed by atoms with E-state index in [1.165, 1.54) is 12.6 Å². The zero-order valence-corrected chi connectivity index (χ0v) is 9.99. The molecule has 92 valence electrons. The van der Waals surface area contributed by atoms with Crippen molar-refractivity contribution in [1.82, 2.24) is 10.4 Å². The summed E-state index contributed by atoms with van der Waals surface area (Å²) >= 11 is 0. The number of allylic oxidation sites excluding steroid dienone is 2. The molecule has 2 aliphatic carbocycles. The molecule has 1 aromatic heterocycles. The summed E-state index contributed by atoms with van der Waals surface area (Å²) in [6.45, 7) is 0. The first-order chi connectivity index (χ1) is 8.83. The predicted octanol–water partition coefficient (Wildman–Crippen LogP) is 2.01. The highest BCUT2D eigenvalue weighted by molar-refractivity contribution is 5.93. The number of pyridine rings is 1. The van der Waals surface area contributed by atoms with Gasteiger partial charge in [0.2, 0.25) is 0 Å². The van der Waals surface area contributed by atoms with Crippen LogP contribution >= 0.6 is 0 Å². The van der Waals surface area contributed by atoms with Crippen LogP contribution in [-0.2, 0) is 0 Å². The average molecular weight is 241 g/mol. The minimum absolute atomic E-state index is 0.210. The van der Waals surface area contributed by atoms with Gasteiger partial charge in [0.1, 0.15) is 0 Å². The van der Waals surface area contributed by atoms with Gasteiger partial charge < -0.3 is 0 Å². The molecule has 2 aliphatic rings. The number of fused-ring (bicyclic) bond motifs is 2. The number of hydrogen-bond acceptors (Lipinski definition) is 3. The van der Waals surface area contributed by atoms with Crippen LogP contribution in [0.5, 0.6) is 0 Å². The molecular weight excluding hydrogens is 226 g/mol. The second-order valence-corrected chi connectivity index (χ2v) is 4.90. The summed E-state index contributed by atoms with van der Waals surface area (Å²) in [5.41, 5.74) is 3.08.